The molecule has 1 aliphatic heterocycles. The second kappa shape index (κ2) is 3.73. The lowest BCUT2D eigenvalue weighted by atomic mass is 10.4. The summed E-state index contributed by atoms with van der Waals surface area (Å²) < 4.78 is 1.96. The van der Waals surface area contributed by atoms with E-state index in [1.165, 1.54) is 17.5 Å². The average molecular weight is 258 g/mol. The Morgan fingerprint density at radius 1 is 1.43 bits per heavy atom. The molecule has 0 radical (unpaired) electrons. The summed E-state index contributed by atoms with van der Waals surface area (Å²) in [4.78, 5) is 13.8. The van der Waals surface area contributed by atoms with Crippen LogP contribution in [-0.4, -0.2) is 22.9 Å². The van der Waals surface area contributed by atoms with Crippen LogP contribution in [0.3, 0.4) is 0 Å². The lowest BCUT2D eigenvalue weighted by Gasteiger charge is -2.18. The van der Waals surface area contributed by atoms with Gasteiger partial charge in [-0.05, 0) is 28.8 Å². The van der Waals surface area contributed by atoms with Crippen molar-refractivity contribution in [3.05, 3.63) is 21.0 Å². The topological polar surface area (TPSA) is 38.1 Å². The molecule has 0 spiro atoms. The van der Waals surface area contributed by atoms with Crippen molar-refractivity contribution in [1.82, 2.24) is 9.78 Å². The van der Waals surface area contributed by atoms with Crippen molar-refractivity contribution in [1.29, 1.82) is 0 Å². The number of aryl methyl sites for hydroxylation is 1. The van der Waals surface area contributed by atoms with Gasteiger partial charge >= 0.3 is 0 Å². The summed E-state index contributed by atoms with van der Waals surface area (Å²) in [6, 6.07) is 0. The van der Waals surface area contributed by atoms with Crippen LogP contribution in [0.1, 0.15) is 12.8 Å². The number of aromatic nitrogens is 2. The van der Waals surface area contributed by atoms with Gasteiger partial charge in [-0.15, -0.1) is 0 Å². The maximum Gasteiger partial charge on any atom is 0.282 e. The Morgan fingerprint density at radius 3 is 2.71 bits per heavy atom. The SMILES string of the molecule is Cn1ncc(N2CCCC2)c(Br)c1=O. The van der Waals surface area contributed by atoms with E-state index in [4.69, 9.17) is 0 Å². The molecule has 1 aromatic rings. The van der Waals surface area contributed by atoms with Crippen LogP contribution in [0, 0.1) is 0 Å². The molecule has 5 heteroatoms. The molecule has 1 aromatic heterocycles. The number of hydrogen-bond donors (Lipinski definition) is 0. The molecule has 0 aliphatic carbocycles. The molecule has 0 amide bonds. The summed E-state index contributed by atoms with van der Waals surface area (Å²) in [6.07, 6.45) is 4.14. The smallest absolute Gasteiger partial charge is 0.282 e. The van der Waals surface area contributed by atoms with Gasteiger partial charge in [0.25, 0.3) is 5.56 Å². The van der Waals surface area contributed by atoms with E-state index in [9.17, 15) is 4.79 Å². The first-order valence-electron chi connectivity index (χ1n) is 4.67. The first-order chi connectivity index (χ1) is 6.70. The van der Waals surface area contributed by atoms with Crippen molar-refractivity contribution in [2.45, 2.75) is 12.8 Å². The highest BCUT2D eigenvalue weighted by Gasteiger charge is 2.17. The van der Waals surface area contributed by atoms with Crippen molar-refractivity contribution in [2.24, 2.45) is 7.05 Å². The lowest BCUT2D eigenvalue weighted by Crippen LogP contribution is -2.26. The summed E-state index contributed by atoms with van der Waals surface area (Å²) >= 11 is 3.33. The highest BCUT2D eigenvalue weighted by molar-refractivity contribution is 9.10. The fraction of sp³-hybridized carbons (Fsp3) is 0.556. The Bertz CT molecular complexity index is 396. The molecule has 76 valence electrons. The predicted molar refractivity (Wildman–Crippen MR) is 58.6 cm³/mol. The fourth-order valence-electron chi connectivity index (χ4n) is 1.68. The Kier molecular flexibility index (Phi) is 2.58. The Hall–Kier alpha value is -0.840. The van der Waals surface area contributed by atoms with E-state index in [0.29, 0.717) is 4.47 Å². The standard InChI is InChI=1S/C9H12BrN3O/c1-12-9(14)8(10)7(6-11-12)13-4-2-3-5-13/h6H,2-5H2,1H3. The minimum atomic E-state index is -0.0746. The average Bonchev–Trinajstić information content (AvgIpc) is 2.67. The Labute approximate surface area is 90.7 Å². The third-order valence-corrected chi connectivity index (χ3v) is 3.25. The molecule has 2 heterocycles. The van der Waals surface area contributed by atoms with Gasteiger partial charge in [0.2, 0.25) is 0 Å². The van der Waals surface area contributed by atoms with Gasteiger partial charge < -0.3 is 4.90 Å². The summed E-state index contributed by atoms with van der Waals surface area (Å²) in [5, 5.41) is 4.02. The van der Waals surface area contributed by atoms with Crippen molar-refractivity contribution in [3.8, 4) is 0 Å². The largest absolute Gasteiger partial charge is 0.369 e. The van der Waals surface area contributed by atoms with Gasteiger partial charge in [0.1, 0.15) is 4.47 Å². The molecule has 0 saturated carbocycles. The van der Waals surface area contributed by atoms with Crippen molar-refractivity contribution in [2.75, 3.05) is 18.0 Å². The molecule has 1 fully saturated rings. The zero-order valence-corrected chi connectivity index (χ0v) is 9.62. The van der Waals surface area contributed by atoms with Gasteiger partial charge in [-0.3, -0.25) is 4.79 Å². The zero-order chi connectivity index (χ0) is 10.1. The normalized spacial score (nSPS) is 16.3. The van der Waals surface area contributed by atoms with Gasteiger partial charge in [0.05, 0.1) is 11.9 Å². The third kappa shape index (κ3) is 1.56. The van der Waals surface area contributed by atoms with Crippen LogP contribution < -0.4 is 10.5 Å². The van der Waals surface area contributed by atoms with Crippen LogP contribution >= 0.6 is 15.9 Å². The zero-order valence-electron chi connectivity index (χ0n) is 8.03. The number of hydrogen-bond acceptors (Lipinski definition) is 3. The molecule has 2 rings (SSSR count). The van der Waals surface area contributed by atoms with Crippen LogP contribution in [-0.2, 0) is 7.05 Å². The minimum Gasteiger partial charge on any atom is -0.369 e. The molecule has 0 aromatic carbocycles. The summed E-state index contributed by atoms with van der Waals surface area (Å²) in [7, 11) is 1.65. The van der Waals surface area contributed by atoms with Crippen molar-refractivity contribution < 1.29 is 0 Å². The minimum absolute atomic E-state index is 0.0746. The van der Waals surface area contributed by atoms with E-state index in [2.05, 4.69) is 25.9 Å². The van der Waals surface area contributed by atoms with Crippen LogP contribution in [0.5, 0.6) is 0 Å². The molecule has 4 nitrogen and oxygen atoms in total. The van der Waals surface area contributed by atoms with Crippen molar-refractivity contribution in [3.63, 3.8) is 0 Å². The van der Waals surface area contributed by atoms with Crippen LogP contribution in [0.4, 0.5) is 5.69 Å². The highest BCUT2D eigenvalue weighted by Crippen LogP contribution is 2.24. The Balaban J connectivity index is 2.43. The van der Waals surface area contributed by atoms with E-state index in [0.717, 1.165) is 18.8 Å². The van der Waals surface area contributed by atoms with E-state index in [1.807, 2.05) is 0 Å². The summed E-state index contributed by atoms with van der Waals surface area (Å²) in [5.74, 6) is 0. The van der Waals surface area contributed by atoms with E-state index >= 15 is 0 Å². The van der Waals surface area contributed by atoms with Crippen LogP contribution in [0.25, 0.3) is 0 Å². The number of halogens is 1. The number of nitrogens with zero attached hydrogens (tertiary/aromatic N) is 3. The monoisotopic (exact) mass is 257 g/mol. The molecule has 0 atom stereocenters. The molecule has 14 heavy (non-hydrogen) atoms. The third-order valence-electron chi connectivity index (χ3n) is 2.51. The van der Waals surface area contributed by atoms with Gasteiger partial charge in [0.15, 0.2) is 0 Å². The van der Waals surface area contributed by atoms with E-state index in [1.54, 1.807) is 13.2 Å². The van der Waals surface area contributed by atoms with Gasteiger partial charge in [-0.25, -0.2) is 4.68 Å². The molecular weight excluding hydrogens is 246 g/mol. The second-order valence-corrected chi connectivity index (χ2v) is 4.26. The van der Waals surface area contributed by atoms with Crippen LogP contribution in [0.2, 0.25) is 0 Å². The first-order valence-corrected chi connectivity index (χ1v) is 5.46. The van der Waals surface area contributed by atoms with Gasteiger partial charge in [-0.1, -0.05) is 0 Å². The van der Waals surface area contributed by atoms with Gasteiger partial charge in [0, 0.05) is 20.1 Å². The molecular formula is C9H12BrN3O. The molecule has 1 aliphatic rings. The summed E-state index contributed by atoms with van der Waals surface area (Å²) in [6.45, 7) is 2.04. The maximum absolute atomic E-state index is 11.6. The fourth-order valence-corrected chi connectivity index (χ4v) is 2.29. The first kappa shape index (κ1) is 9.71. The lowest BCUT2D eigenvalue weighted by molar-refractivity contribution is 0.699. The Morgan fingerprint density at radius 2 is 2.07 bits per heavy atom. The van der Waals surface area contributed by atoms with Crippen LogP contribution in [0.15, 0.2) is 15.5 Å². The van der Waals surface area contributed by atoms with E-state index in [-0.39, 0.29) is 5.56 Å². The molecule has 0 unspecified atom stereocenters. The maximum atomic E-state index is 11.6. The summed E-state index contributed by atoms with van der Waals surface area (Å²) in [5.41, 5.74) is 0.847. The molecule has 1 saturated heterocycles. The highest BCUT2D eigenvalue weighted by atomic mass is 79.9. The number of rotatable bonds is 1. The molecule has 0 bridgehead atoms. The van der Waals surface area contributed by atoms with E-state index < -0.39 is 0 Å². The predicted octanol–water partition coefficient (Wildman–Crippen LogP) is 1.14. The quantitative estimate of drug-likeness (QED) is 0.758. The number of anilines is 1. The van der Waals surface area contributed by atoms with Gasteiger partial charge in [-0.2, -0.15) is 5.10 Å². The molecule has 0 N–H and O–H groups in total. The second-order valence-electron chi connectivity index (χ2n) is 3.47. The van der Waals surface area contributed by atoms with Crippen molar-refractivity contribution >= 4 is 21.6 Å².